The predicted molar refractivity (Wildman–Crippen MR) is 132 cm³/mol. The van der Waals surface area contributed by atoms with Crippen LogP contribution in [0.25, 0.3) is 16.8 Å². The standard InChI is InChI=1S/C25H28F3N7O.H2/c1-14-25(3,8-21(27)28)22-18(30-14)5-4-17(31-22)15-6-7-35-20(15)9-29-23(33-35)32-19-11-34(10-16(19)26)24(2)12-36-13-24;/h4-7,9,16,19,21H,8,10-13H2,1-3H3,(H,32,33);1H/t16-,19+,25?;/m0./s1. The third-order valence-electron chi connectivity index (χ3n) is 7.89. The predicted octanol–water partition coefficient (Wildman–Crippen LogP) is 4.28. The molecule has 8 nitrogen and oxygen atoms in total. The Morgan fingerprint density at radius 2 is 2.03 bits per heavy atom. The molecule has 0 aromatic carbocycles. The van der Waals surface area contributed by atoms with E-state index in [9.17, 15) is 13.2 Å². The molecule has 1 N–H and O–H groups in total. The Labute approximate surface area is 208 Å². The Hall–Kier alpha value is -3.05. The minimum Gasteiger partial charge on any atom is -0.377 e. The number of nitrogens with one attached hydrogen (secondary N) is 1. The number of rotatable bonds is 6. The highest BCUT2D eigenvalue weighted by atomic mass is 19.3. The number of hydrogen-bond acceptors (Lipinski definition) is 7. The van der Waals surface area contributed by atoms with Gasteiger partial charge < -0.3 is 10.1 Å². The molecule has 3 atom stereocenters. The molecule has 2 saturated heterocycles. The Balaban J connectivity index is 0.00000280. The maximum absolute atomic E-state index is 14.8. The molecule has 3 aromatic heterocycles. The normalized spacial score (nSPS) is 27.4. The molecule has 2 fully saturated rings. The van der Waals surface area contributed by atoms with Gasteiger partial charge >= 0.3 is 0 Å². The van der Waals surface area contributed by atoms with Crippen molar-refractivity contribution in [1.29, 1.82) is 0 Å². The molecular formula is C25H30F3N7O. The summed E-state index contributed by atoms with van der Waals surface area (Å²) < 4.78 is 48.5. The number of ether oxygens (including phenoxy) is 1. The number of likely N-dealkylation sites (tertiary alicyclic amines) is 1. The number of anilines is 1. The molecule has 0 bridgehead atoms. The third kappa shape index (κ3) is 3.67. The van der Waals surface area contributed by atoms with Gasteiger partial charge in [-0.2, -0.15) is 0 Å². The second-order valence-electron chi connectivity index (χ2n) is 10.5. The molecule has 192 valence electrons. The Morgan fingerprint density at radius 3 is 2.75 bits per heavy atom. The van der Waals surface area contributed by atoms with Crippen LogP contribution in [0.3, 0.4) is 0 Å². The van der Waals surface area contributed by atoms with Crippen LogP contribution in [0.4, 0.5) is 24.8 Å². The lowest BCUT2D eigenvalue weighted by atomic mass is 9.80. The van der Waals surface area contributed by atoms with E-state index in [1.807, 2.05) is 18.2 Å². The molecule has 0 aliphatic carbocycles. The molecule has 1 unspecified atom stereocenters. The van der Waals surface area contributed by atoms with Crippen LogP contribution in [-0.2, 0) is 10.2 Å². The zero-order valence-electron chi connectivity index (χ0n) is 20.4. The lowest BCUT2D eigenvalue weighted by molar-refractivity contribution is -0.124. The van der Waals surface area contributed by atoms with Crippen LogP contribution < -0.4 is 5.32 Å². The van der Waals surface area contributed by atoms with Gasteiger partial charge in [0.15, 0.2) is 0 Å². The summed E-state index contributed by atoms with van der Waals surface area (Å²) in [5.74, 6) is 0.338. The van der Waals surface area contributed by atoms with Crippen molar-refractivity contribution in [2.24, 2.45) is 4.99 Å². The van der Waals surface area contributed by atoms with Crippen molar-refractivity contribution < 1.29 is 19.3 Å². The van der Waals surface area contributed by atoms with Gasteiger partial charge in [-0.25, -0.2) is 27.7 Å². The van der Waals surface area contributed by atoms with E-state index in [4.69, 9.17) is 9.72 Å². The van der Waals surface area contributed by atoms with Gasteiger partial charge in [-0.15, -0.1) is 5.10 Å². The molecule has 0 saturated carbocycles. The highest BCUT2D eigenvalue weighted by Gasteiger charge is 2.46. The van der Waals surface area contributed by atoms with E-state index in [-0.39, 0.29) is 13.4 Å². The summed E-state index contributed by atoms with van der Waals surface area (Å²) in [7, 11) is 0. The van der Waals surface area contributed by atoms with Crippen LogP contribution in [0.5, 0.6) is 0 Å². The molecule has 0 amide bonds. The fourth-order valence-corrected chi connectivity index (χ4v) is 5.40. The van der Waals surface area contributed by atoms with Gasteiger partial charge in [0.25, 0.3) is 0 Å². The lowest BCUT2D eigenvalue weighted by Gasteiger charge is -2.45. The summed E-state index contributed by atoms with van der Waals surface area (Å²) in [6.07, 6.45) is -0.382. The molecule has 36 heavy (non-hydrogen) atoms. The van der Waals surface area contributed by atoms with E-state index in [0.29, 0.717) is 60.6 Å². The van der Waals surface area contributed by atoms with Crippen molar-refractivity contribution in [1.82, 2.24) is 24.5 Å². The third-order valence-corrected chi connectivity index (χ3v) is 7.89. The number of fused-ring (bicyclic) bond motifs is 2. The summed E-state index contributed by atoms with van der Waals surface area (Å²) in [5.41, 5.74) is 2.92. The number of pyridine rings is 1. The Kier molecular flexibility index (Phi) is 5.34. The van der Waals surface area contributed by atoms with Crippen LogP contribution in [0.1, 0.15) is 34.3 Å². The zero-order valence-corrected chi connectivity index (χ0v) is 20.4. The molecule has 3 aliphatic heterocycles. The van der Waals surface area contributed by atoms with Gasteiger partial charge in [-0.05, 0) is 39.0 Å². The second kappa shape index (κ2) is 8.24. The topological polar surface area (TPSA) is 79.9 Å². The number of halogens is 3. The molecule has 0 radical (unpaired) electrons. The number of hydrogen-bond donors (Lipinski definition) is 1. The minimum atomic E-state index is -2.47. The first-order chi connectivity index (χ1) is 17.2. The molecule has 3 aromatic rings. The fraction of sp³-hybridized carbons (Fsp3) is 0.520. The number of nitrogens with zero attached hydrogens (tertiary/aromatic N) is 6. The smallest absolute Gasteiger partial charge is 0.241 e. The highest BCUT2D eigenvalue weighted by Crippen LogP contribution is 2.43. The zero-order chi connectivity index (χ0) is 25.2. The number of aliphatic imine (C=N–C) groups is 1. The van der Waals surface area contributed by atoms with Gasteiger partial charge in [0.05, 0.1) is 59.0 Å². The first-order valence-electron chi connectivity index (χ1n) is 12.1. The van der Waals surface area contributed by atoms with Crippen LogP contribution in [0, 0.1) is 0 Å². The average molecular weight is 502 g/mol. The largest absolute Gasteiger partial charge is 0.377 e. The van der Waals surface area contributed by atoms with Gasteiger partial charge in [0.2, 0.25) is 12.4 Å². The molecule has 0 spiro atoms. The molecule has 11 heteroatoms. The van der Waals surface area contributed by atoms with Crippen LogP contribution in [-0.4, -0.2) is 80.7 Å². The first kappa shape index (κ1) is 23.4. The maximum atomic E-state index is 14.8. The van der Waals surface area contributed by atoms with Crippen LogP contribution in [0.15, 0.2) is 35.6 Å². The summed E-state index contributed by atoms with van der Waals surface area (Å²) >= 11 is 0. The van der Waals surface area contributed by atoms with E-state index in [0.717, 1.165) is 5.56 Å². The van der Waals surface area contributed by atoms with E-state index in [1.54, 1.807) is 30.8 Å². The Bertz CT molecular complexity index is 1360. The minimum absolute atomic E-state index is 0. The van der Waals surface area contributed by atoms with Gasteiger partial charge in [0.1, 0.15) is 6.17 Å². The van der Waals surface area contributed by atoms with Crippen molar-refractivity contribution in [3.8, 4) is 11.3 Å². The van der Waals surface area contributed by atoms with Gasteiger partial charge in [0, 0.05) is 38.4 Å². The van der Waals surface area contributed by atoms with Gasteiger partial charge in [-0.1, -0.05) is 0 Å². The monoisotopic (exact) mass is 501 g/mol. The average Bonchev–Trinajstić information content (AvgIpc) is 3.46. The van der Waals surface area contributed by atoms with Crippen molar-refractivity contribution in [2.45, 2.75) is 56.8 Å². The van der Waals surface area contributed by atoms with E-state index in [2.05, 4.69) is 32.2 Å². The van der Waals surface area contributed by atoms with Crippen molar-refractivity contribution in [2.75, 3.05) is 31.6 Å². The van der Waals surface area contributed by atoms with Crippen molar-refractivity contribution in [3.63, 3.8) is 0 Å². The van der Waals surface area contributed by atoms with Crippen LogP contribution >= 0.6 is 0 Å². The molecule has 6 heterocycles. The van der Waals surface area contributed by atoms with E-state index >= 15 is 0 Å². The Morgan fingerprint density at radius 1 is 1.22 bits per heavy atom. The van der Waals surface area contributed by atoms with Gasteiger partial charge in [-0.3, -0.25) is 9.89 Å². The van der Waals surface area contributed by atoms with E-state index < -0.39 is 24.1 Å². The molecule has 6 rings (SSSR count). The molecular weight excluding hydrogens is 471 g/mol. The SMILES string of the molecule is CC1=Nc2ccc(-c3ccn4nc(N[C@@H]5CN(C6(C)COC6)C[C@@H]5F)ncc34)nc2C1(C)CC(F)F.[HH]. The number of aromatic nitrogens is 4. The molecule has 3 aliphatic rings. The maximum Gasteiger partial charge on any atom is 0.241 e. The second-order valence-corrected chi connectivity index (χ2v) is 10.5. The summed E-state index contributed by atoms with van der Waals surface area (Å²) in [6, 6.07) is 5.10. The summed E-state index contributed by atoms with van der Waals surface area (Å²) in [5, 5.41) is 7.68. The first-order valence-corrected chi connectivity index (χ1v) is 12.1. The summed E-state index contributed by atoms with van der Waals surface area (Å²) in [4.78, 5) is 15.8. The van der Waals surface area contributed by atoms with E-state index in [1.165, 1.54) is 0 Å². The van der Waals surface area contributed by atoms with Crippen molar-refractivity contribution in [3.05, 3.63) is 36.3 Å². The lowest BCUT2D eigenvalue weighted by Crippen LogP contribution is -2.59. The highest BCUT2D eigenvalue weighted by molar-refractivity contribution is 5.99. The fourth-order valence-electron chi connectivity index (χ4n) is 5.40. The number of alkyl halides is 3. The quantitative estimate of drug-likeness (QED) is 0.543. The van der Waals surface area contributed by atoms with Crippen molar-refractivity contribution >= 4 is 22.9 Å². The van der Waals surface area contributed by atoms with Crippen LogP contribution in [0.2, 0.25) is 0 Å². The summed E-state index contributed by atoms with van der Waals surface area (Å²) in [6.45, 7) is 7.76.